The van der Waals surface area contributed by atoms with Gasteiger partial charge in [0.2, 0.25) is 0 Å². The standard InChI is InChI=1S/C30H38N2O3/c1-4-6-7-8-9-10-11-20-34-27-16-14-25(15-17-27)29-31-21-26(22-32-29)24-12-18-28(19-13-24)35-30(33)23(3)5-2/h12-19,21-23H,4-11,20H2,1-3H3. The van der Waals surface area contributed by atoms with Crippen molar-refractivity contribution in [3.8, 4) is 34.0 Å². The molecule has 0 aliphatic carbocycles. The van der Waals surface area contributed by atoms with E-state index in [1.54, 1.807) is 12.1 Å². The minimum atomic E-state index is -0.206. The van der Waals surface area contributed by atoms with Crippen LogP contribution in [0.1, 0.15) is 72.1 Å². The van der Waals surface area contributed by atoms with Crippen molar-refractivity contribution in [2.75, 3.05) is 6.61 Å². The fourth-order valence-electron chi connectivity index (χ4n) is 3.67. The molecule has 1 heterocycles. The maximum atomic E-state index is 12.0. The Kier molecular flexibility index (Phi) is 10.7. The lowest BCUT2D eigenvalue weighted by Crippen LogP contribution is -2.16. The fourth-order valence-corrected chi connectivity index (χ4v) is 3.67. The Morgan fingerprint density at radius 3 is 1.94 bits per heavy atom. The fraction of sp³-hybridized carbons (Fsp3) is 0.433. The number of esters is 1. The Balaban J connectivity index is 1.48. The average molecular weight is 475 g/mol. The molecule has 2 aromatic carbocycles. The first kappa shape index (κ1) is 26.4. The van der Waals surface area contributed by atoms with Gasteiger partial charge in [-0.1, -0.05) is 71.4 Å². The molecule has 35 heavy (non-hydrogen) atoms. The van der Waals surface area contributed by atoms with E-state index in [4.69, 9.17) is 9.47 Å². The maximum absolute atomic E-state index is 12.0. The van der Waals surface area contributed by atoms with E-state index in [2.05, 4.69) is 16.9 Å². The van der Waals surface area contributed by atoms with Gasteiger partial charge in [-0.3, -0.25) is 4.79 Å². The highest BCUT2D eigenvalue weighted by Crippen LogP contribution is 2.24. The van der Waals surface area contributed by atoms with Crippen LogP contribution in [0.3, 0.4) is 0 Å². The molecular weight excluding hydrogens is 436 g/mol. The summed E-state index contributed by atoms with van der Waals surface area (Å²) in [6.45, 7) is 6.84. The molecule has 0 N–H and O–H groups in total. The summed E-state index contributed by atoms with van der Waals surface area (Å²) in [4.78, 5) is 21.0. The average Bonchev–Trinajstić information content (AvgIpc) is 2.90. The molecule has 0 aliphatic heterocycles. The summed E-state index contributed by atoms with van der Waals surface area (Å²) in [5.41, 5.74) is 2.82. The molecule has 0 radical (unpaired) electrons. The number of carbonyl (C=O) groups is 1. The molecule has 0 bridgehead atoms. The summed E-state index contributed by atoms with van der Waals surface area (Å²) in [5.74, 6) is 1.78. The minimum Gasteiger partial charge on any atom is -0.494 e. The molecule has 0 aliphatic rings. The van der Waals surface area contributed by atoms with E-state index < -0.39 is 0 Å². The van der Waals surface area contributed by atoms with Crippen molar-refractivity contribution in [1.82, 2.24) is 9.97 Å². The SMILES string of the molecule is CCCCCCCCCOc1ccc(-c2ncc(-c3ccc(OC(=O)C(C)CC)cc3)cn2)cc1. The molecule has 0 fully saturated rings. The molecular formula is C30H38N2O3. The third-order valence-electron chi connectivity index (χ3n) is 6.20. The van der Waals surface area contributed by atoms with Gasteiger partial charge in [0.25, 0.3) is 0 Å². The van der Waals surface area contributed by atoms with E-state index >= 15 is 0 Å². The van der Waals surface area contributed by atoms with E-state index in [0.29, 0.717) is 11.6 Å². The van der Waals surface area contributed by atoms with E-state index in [0.717, 1.165) is 41.9 Å². The molecule has 0 amide bonds. The summed E-state index contributed by atoms with van der Waals surface area (Å²) in [6, 6.07) is 15.4. The zero-order chi connectivity index (χ0) is 24.9. The van der Waals surface area contributed by atoms with Gasteiger partial charge in [-0.15, -0.1) is 0 Å². The number of carbonyl (C=O) groups excluding carboxylic acids is 1. The lowest BCUT2D eigenvalue weighted by atomic mass is 10.1. The minimum absolute atomic E-state index is 0.110. The Bertz CT molecular complexity index is 1010. The molecule has 3 aromatic rings. The van der Waals surface area contributed by atoms with Crippen molar-refractivity contribution in [3.05, 3.63) is 60.9 Å². The molecule has 3 rings (SSSR count). The number of nitrogens with zero attached hydrogens (tertiary/aromatic N) is 2. The Morgan fingerprint density at radius 2 is 1.31 bits per heavy atom. The smallest absolute Gasteiger partial charge is 0.314 e. The van der Waals surface area contributed by atoms with Gasteiger partial charge in [0.15, 0.2) is 5.82 Å². The summed E-state index contributed by atoms with van der Waals surface area (Å²) in [6.07, 6.45) is 13.3. The number of unbranched alkanes of at least 4 members (excludes halogenated alkanes) is 6. The van der Waals surface area contributed by atoms with Gasteiger partial charge in [0, 0.05) is 23.5 Å². The van der Waals surface area contributed by atoms with E-state index in [-0.39, 0.29) is 11.9 Å². The molecule has 0 saturated heterocycles. The summed E-state index contributed by atoms with van der Waals surface area (Å²) < 4.78 is 11.3. The van der Waals surface area contributed by atoms with Crippen LogP contribution < -0.4 is 9.47 Å². The van der Waals surface area contributed by atoms with Crippen LogP contribution in [0.25, 0.3) is 22.5 Å². The highest BCUT2D eigenvalue weighted by molar-refractivity contribution is 5.75. The number of benzene rings is 2. The van der Waals surface area contributed by atoms with Gasteiger partial charge < -0.3 is 9.47 Å². The first-order valence-electron chi connectivity index (χ1n) is 13.0. The van der Waals surface area contributed by atoms with Crippen molar-refractivity contribution >= 4 is 5.97 Å². The second kappa shape index (κ2) is 14.2. The lowest BCUT2D eigenvalue weighted by molar-refractivity contribution is -0.138. The number of aromatic nitrogens is 2. The Morgan fingerprint density at radius 1 is 0.743 bits per heavy atom. The highest BCUT2D eigenvalue weighted by Gasteiger charge is 2.13. The zero-order valence-electron chi connectivity index (χ0n) is 21.3. The third-order valence-corrected chi connectivity index (χ3v) is 6.20. The zero-order valence-corrected chi connectivity index (χ0v) is 21.3. The van der Waals surface area contributed by atoms with Gasteiger partial charge in [-0.25, -0.2) is 9.97 Å². The van der Waals surface area contributed by atoms with Crippen molar-refractivity contribution in [1.29, 1.82) is 0 Å². The largest absolute Gasteiger partial charge is 0.494 e. The van der Waals surface area contributed by atoms with Crippen molar-refractivity contribution in [2.24, 2.45) is 5.92 Å². The normalized spacial score (nSPS) is 11.7. The molecule has 1 unspecified atom stereocenters. The van der Waals surface area contributed by atoms with Gasteiger partial charge in [0.1, 0.15) is 11.5 Å². The van der Waals surface area contributed by atoms with Crippen LogP contribution in [0, 0.1) is 5.92 Å². The number of hydrogen-bond acceptors (Lipinski definition) is 5. The molecule has 5 heteroatoms. The Hall–Kier alpha value is -3.21. The first-order valence-corrected chi connectivity index (χ1v) is 13.0. The second-order valence-electron chi connectivity index (χ2n) is 9.04. The molecule has 1 atom stereocenters. The summed E-state index contributed by atoms with van der Waals surface area (Å²) in [5, 5.41) is 0. The van der Waals surface area contributed by atoms with Crippen molar-refractivity contribution in [2.45, 2.75) is 72.1 Å². The maximum Gasteiger partial charge on any atom is 0.314 e. The first-order chi connectivity index (χ1) is 17.1. The van der Waals surface area contributed by atoms with Crippen LogP contribution in [-0.4, -0.2) is 22.5 Å². The topological polar surface area (TPSA) is 61.3 Å². The molecule has 186 valence electrons. The summed E-state index contributed by atoms with van der Waals surface area (Å²) >= 11 is 0. The number of ether oxygens (including phenoxy) is 2. The van der Waals surface area contributed by atoms with Crippen LogP contribution in [0.4, 0.5) is 0 Å². The van der Waals surface area contributed by atoms with E-state index in [1.165, 1.54) is 38.5 Å². The van der Waals surface area contributed by atoms with Crippen LogP contribution in [0.15, 0.2) is 60.9 Å². The van der Waals surface area contributed by atoms with Crippen LogP contribution in [0.2, 0.25) is 0 Å². The molecule has 1 aromatic heterocycles. The van der Waals surface area contributed by atoms with Crippen LogP contribution in [0.5, 0.6) is 11.5 Å². The van der Waals surface area contributed by atoms with Gasteiger partial charge in [0.05, 0.1) is 12.5 Å². The molecule has 5 nitrogen and oxygen atoms in total. The predicted molar refractivity (Wildman–Crippen MR) is 141 cm³/mol. The van der Waals surface area contributed by atoms with E-state index in [1.807, 2.05) is 62.6 Å². The Labute approximate surface area is 209 Å². The van der Waals surface area contributed by atoms with Gasteiger partial charge in [-0.2, -0.15) is 0 Å². The predicted octanol–water partition coefficient (Wildman–Crippen LogP) is 7.89. The van der Waals surface area contributed by atoms with Gasteiger partial charge in [-0.05, 0) is 54.8 Å². The van der Waals surface area contributed by atoms with Gasteiger partial charge >= 0.3 is 5.97 Å². The monoisotopic (exact) mass is 474 g/mol. The third kappa shape index (κ3) is 8.50. The molecule has 0 spiro atoms. The van der Waals surface area contributed by atoms with Crippen LogP contribution in [-0.2, 0) is 4.79 Å². The highest BCUT2D eigenvalue weighted by atomic mass is 16.5. The van der Waals surface area contributed by atoms with E-state index in [9.17, 15) is 4.79 Å². The van der Waals surface area contributed by atoms with Crippen LogP contribution >= 0.6 is 0 Å². The lowest BCUT2D eigenvalue weighted by Gasteiger charge is -2.09. The van der Waals surface area contributed by atoms with Crippen molar-refractivity contribution < 1.29 is 14.3 Å². The second-order valence-corrected chi connectivity index (χ2v) is 9.04. The van der Waals surface area contributed by atoms with Crippen molar-refractivity contribution in [3.63, 3.8) is 0 Å². The number of hydrogen-bond donors (Lipinski definition) is 0. The quantitative estimate of drug-likeness (QED) is 0.135. The molecule has 0 saturated carbocycles. The summed E-state index contributed by atoms with van der Waals surface area (Å²) in [7, 11) is 0. The number of rotatable bonds is 14.